The molecular formula is C16H17N3O3. The first-order valence-electron chi connectivity index (χ1n) is 7.12. The van der Waals surface area contributed by atoms with Crippen LogP contribution in [0, 0.1) is 5.92 Å². The lowest BCUT2D eigenvalue weighted by Crippen LogP contribution is -2.26. The van der Waals surface area contributed by atoms with Crippen molar-refractivity contribution in [1.82, 2.24) is 9.78 Å². The summed E-state index contributed by atoms with van der Waals surface area (Å²) in [6, 6.07) is 9.61. The van der Waals surface area contributed by atoms with Gasteiger partial charge in [0.05, 0.1) is 19.6 Å². The van der Waals surface area contributed by atoms with Crippen molar-refractivity contribution in [2.24, 2.45) is 5.92 Å². The van der Waals surface area contributed by atoms with E-state index >= 15 is 0 Å². The van der Waals surface area contributed by atoms with Gasteiger partial charge in [0.25, 0.3) is 0 Å². The van der Waals surface area contributed by atoms with Crippen LogP contribution in [0.25, 0.3) is 0 Å². The molecule has 1 aliphatic heterocycles. The summed E-state index contributed by atoms with van der Waals surface area (Å²) < 4.78 is 6.55. The van der Waals surface area contributed by atoms with Crippen LogP contribution in [0.4, 0.5) is 5.69 Å². The molecule has 1 aliphatic rings. The van der Waals surface area contributed by atoms with E-state index < -0.39 is 0 Å². The molecule has 1 atom stereocenters. The van der Waals surface area contributed by atoms with E-state index in [0.717, 1.165) is 11.3 Å². The summed E-state index contributed by atoms with van der Waals surface area (Å²) in [4.78, 5) is 25.2. The Balaban J connectivity index is 1.70. The molecule has 0 radical (unpaired) electrons. The normalized spacial score (nSPS) is 17.8. The molecule has 1 saturated heterocycles. The Morgan fingerprint density at radius 1 is 1.36 bits per heavy atom. The Hall–Kier alpha value is -2.63. The fraction of sp³-hybridized carbons (Fsp3) is 0.312. The third-order valence-corrected chi connectivity index (χ3v) is 3.81. The van der Waals surface area contributed by atoms with Gasteiger partial charge in [0, 0.05) is 31.0 Å². The average Bonchev–Trinajstić information content (AvgIpc) is 3.17. The monoisotopic (exact) mass is 299 g/mol. The minimum absolute atomic E-state index is 0.0461. The van der Waals surface area contributed by atoms with Gasteiger partial charge in [-0.15, -0.1) is 0 Å². The molecule has 114 valence electrons. The molecule has 1 aromatic carbocycles. The van der Waals surface area contributed by atoms with E-state index in [1.165, 1.54) is 7.11 Å². The highest BCUT2D eigenvalue weighted by Gasteiger charge is 2.35. The van der Waals surface area contributed by atoms with Crippen LogP contribution in [0.15, 0.2) is 42.7 Å². The summed E-state index contributed by atoms with van der Waals surface area (Å²) in [6.07, 6.45) is 3.85. The van der Waals surface area contributed by atoms with Crippen LogP contribution in [-0.4, -0.2) is 35.3 Å². The summed E-state index contributed by atoms with van der Waals surface area (Å²) in [6.45, 7) is 1.07. The summed E-state index contributed by atoms with van der Waals surface area (Å²) in [5.41, 5.74) is 1.91. The molecule has 0 spiro atoms. The van der Waals surface area contributed by atoms with Crippen molar-refractivity contribution >= 4 is 17.6 Å². The fourth-order valence-corrected chi connectivity index (χ4v) is 2.64. The number of amides is 1. The standard InChI is InChI=1S/C16H17N3O3/c1-22-16(21)13-9-15(20)19(11-13)14-5-3-12(4-6-14)10-18-8-2-7-17-18/h2-8,13H,9-11H2,1H3. The first kappa shape index (κ1) is 14.3. The summed E-state index contributed by atoms with van der Waals surface area (Å²) in [7, 11) is 1.35. The summed E-state index contributed by atoms with van der Waals surface area (Å²) >= 11 is 0. The van der Waals surface area contributed by atoms with E-state index in [-0.39, 0.29) is 24.2 Å². The molecule has 6 nitrogen and oxygen atoms in total. The highest BCUT2D eigenvalue weighted by atomic mass is 16.5. The van der Waals surface area contributed by atoms with Crippen LogP contribution in [0.5, 0.6) is 0 Å². The van der Waals surface area contributed by atoms with Crippen molar-refractivity contribution in [3.8, 4) is 0 Å². The number of esters is 1. The van der Waals surface area contributed by atoms with Crippen LogP contribution in [0.1, 0.15) is 12.0 Å². The Bertz CT molecular complexity index is 664. The Labute approximate surface area is 128 Å². The predicted octanol–water partition coefficient (Wildman–Crippen LogP) is 1.46. The molecule has 0 bridgehead atoms. The molecule has 6 heteroatoms. The quantitative estimate of drug-likeness (QED) is 0.802. The molecule has 3 rings (SSSR count). The first-order valence-corrected chi connectivity index (χ1v) is 7.12. The number of ether oxygens (including phenoxy) is 1. The Morgan fingerprint density at radius 2 is 2.14 bits per heavy atom. The maximum absolute atomic E-state index is 12.1. The number of benzene rings is 1. The smallest absolute Gasteiger partial charge is 0.311 e. The van der Waals surface area contributed by atoms with Crippen molar-refractivity contribution in [2.75, 3.05) is 18.6 Å². The van der Waals surface area contributed by atoms with Crippen LogP contribution < -0.4 is 4.90 Å². The van der Waals surface area contributed by atoms with Crippen LogP contribution in [0.3, 0.4) is 0 Å². The fourth-order valence-electron chi connectivity index (χ4n) is 2.64. The zero-order valence-electron chi connectivity index (χ0n) is 12.3. The lowest BCUT2D eigenvalue weighted by atomic mass is 10.1. The van der Waals surface area contributed by atoms with Crippen molar-refractivity contribution in [2.45, 2.75) is 13.0 Å². The largest absolute Gasteiger partial charge is 0.469 e. The zero-order valence-corrected chi connectivity index (χ0v) is 12.3. The van der Waals surface area contributed by atoms with E-state index in [1.807, 2.05) is 41.2 Å². The highest BCUT2D eigenvalue weighted by Crippen LogP contribution is 2.26. The van der Waals surface area contributed by atoms with Gasteiger partial charge in [-0.25, -0.2) is 0 Å². The second-order valence-corrected chi connectivity index (χ2v) is 5.30. The van der Waals surface area contributed by atoms with Gasteiger partial charge in [-0.05, 0) is 23.8 Å². The molecular weight excluding hydrogens is 282 g/mol. The molecule has 1 amide bonds. The molecule has 1 aromatic heterocycles. The van der Waals surface area contributed by atoms with Gasteiger partial charge >= 0.3 is 5.97 Å². The molecule has 2 heterocycles. The van der Waals surface area contributed by atoms with Crippen molar-refractivity contribution in [1.29, 1.82) is 0 Å². The molecule has 2 aromatic rings. The van der Waals surface area contributed by atoms with Gasteiger partial charge in [0.15, 0.2) is 0 Å². The number of hydrogen-bond donors (Lipinski definition) is 0. The maximum Gasteiger partial charge on any atom is 0.311 e. The van der Waals surface area contributed by atoms with Gasteiger partial charge < -0.3 is 9.64 Å². The molecule has 1 fully saturated rings. The molecule has 0 aliphatic carbocycles. The van der Waals surface area contributed by atoms with Crippen LogP contribution in [0.2, 0.25) is 0 Å². The van der Waals surface area contributed by atoms with Crippen LogP contribution in [-0.2, 0) is 20.9 Å². The third-order valence-electron chi connectivity index (χ3n) is 3.81. The summed E-state index contributed by atoms with van der Waals surface area (Å²) in [5, 5.41) is 4.16. The Kier molecular flexibility index (Phi) is 3.91. The van der Waals surface area contributed by atoms with Gasteiger partial charge in [-0.2, -0.15) is 5.10 Å². The summed E-state index contributed by atoms with van der Waals surface area (Å²) in [5.74, 6) is -0.748. The maximum atomic E-state index is 12.1. The average molecular weight is 299 g/mol. The van der Waals surface area contributed by atoms with Crippen LogP contribution >= 0.6 is 0 Å². The number of aromatic nitrogens is 2. The number of methoxy groups -OCH3 is 1. The van der Waals surface area contributed by atoms with Gasteiger partial charge in [0.1, 0.15) is 0 Å². The minimum atomic E-state index is -0.374. The third kappa shape index (κ3) is 2.86. The highest BCUT2D eigenvalue weighted by molar-refractivity contribution is 5.99. The first-order chi connectivity index (χ1) is 10.7. The number of rotatable bonds is 4. The second kappa shape index (κ2) is 6.01. The number of carbonyl (C=O) groups is 2. The van der Waals surface area contributed by atoms with Gasteiger partial charge in [-0.3, -0.25) is 14.3 Å². The molecule has 1 unspecified atom stereocenters. The predicted molar refractivity (Wildman–Crippen MR) is 80.2 cm³/mol. The lowest BCUT2D eigenvalue weighted by Gasteiger charge is -2.16. The van der Waals surface area contributed by atoms with Crippen molar-refractivity contribution in [3.05, 3.63) is 48.3 Å². The number of nitrogens with zero attached hydrogens (tertiary/aromatic N) is 3. The van der Waals surface area contributed by atoms with Gasteiger partial charge in [-0.1, -0.05) is 12.1 Å². The van der Waals surface area contributed by atoms with Crippen molar-refractivity contribution < 1.29 is 14.3 Å². The molecule has 22 heavy (non-hydrogen) atoms. The number of hydrogen-bond acceptors (Lipinski definition) is 4. The second-order valence-electron chi connectivity index (χ2n) is 5.30. The number of anilines is 1. The molecule has 0 N–H and O–H groups in total. The topological polar surface area (TPSA) is 64.4 Å². The molecule has 0 saturated carbocycles. The minimum Gasteiger partial charge on any atom is -0.469 e. The number of carbonyl (C=O) groups excluding carboxylic acids is 2. The Morgan fingerprint density at radius 3 is 2.77 bits per heavy atom. The van der Waals surface area contributed by atoms with E-state index in [0.29, 0.717) is 13.1 Å². The SMILES string of the molecule is COC(=O)C1CC(=O)N(c2ccc(Cn3cccn3)cc2)C1. The van der Waals surface area contributed by atoms with E-state index in [4.69, 9.17) is 4.74 Å². The van der Waals surface area contributed by atoms with Gasteiger partial charge in [0.2, 0.25) is 5.91 Å². The lowest BCUT2D eigenvalue weighted by molar-refractivity contribution is -0.145. The van der Waals surface area contributed by atoms with E-state index in [2.05, 4.69) is 5.10 Å². The van der Waals surface area contributed by atoms with Crippen molar-refractivity contribution in [3.63, 3.8) is 0 Å². The van der Waals surface area contributed by atoms with E-state index in [9.17, 15) is 9.59 Å². The van der Waals surface area contributed by atoms with E-state index in [1.54, 1.807) is 11.1 Å². The zero-order chi connectivity index (χ0) is 15.5.